The number of methoxy groups -OCH3 is 1. The minimum Gasteiger partial charge on any atom is -0.468 e. The molecule has 74 valence electrons. The Morgan fingerprint density at radius 1 is 1.54 bits per heavy atom. The van der Waals surface area contributed by atoms with Crippen molar-refractivity contribution in [3.63, 3.8) is 0 Å². The summed E-state index contributed by atoms with van der Waals surface area (Å²) in [6, 6.07) is 0.187. The van der Waals surface area contributed by atoms with Crippen LogP contribution in [0, 0.1) is 0 Å². The molecule has 0 spiro atoms. The quantitative estimate of drug-likeness (QED) is 0.587. The second-order valence-electron chi connectivity index (χ2n) is 3.81. The van der Waals surface area contributed by atoms with Crippen molar-refractivity contribution in [3.05, 3.63) is 0 Å². The zero-order valence-corrected chi connectivity index (χ0v) is 7.95. The summed E-state index contributed by atoms with van der Waals surface area (Å²) in [5, 5.41) is 3.23. The summed E-state index contributed by atoms with van der Waals surface area (Å²) in [7, 11) is 1.42. The van der Waals surface area contributed by atoms with Gasteiger partial charge in [0, 0.05) is 12.5 Å². The lowest BCUT2D eigenvalue weighted by Crippen LogP contribution is -2.36. The van der Waals surface area contributed by atoms with Gasteiger partial charge in [-0.2, -0.15) is 0 Å². The summed E-state index contributed by atoms with van der Waals surface area (Å²) in [4.78, 5) is 11.2. The Balaban J connectivity index is 1.93. The number of fused-ring (bicyclic) bond motifs is 1. The van der Waals surface area contributed by atoms with Gasteiger partial charge in [0.05, 0.1) is 19.3 Å². The first-order chi connectivity index (χ1) is 6.20. The Kier molecular flexibility index (Phi) is 2.26. The lowest BCUT2D eigenvalue weighted by atomic mass is 10.1. The van der Waals surface area contributed by atoms with Crippen LogP contribution in [0.1, 0.15) is 19.8 Å². The van der Waals surface area contributed by atoms with Crippen molar-refractivity contribution in [2.24, 2.45) is 0 Å². The Morgan fingerprint density at radius 3 is 2.92 bits per heavy atom. The monoisotopic (exact) mass is 185 g/mol. The van der Waals surface area contributed by atoms with Gasteiger partial charge in [-0.15, -0.1) is 0 Å². The van der Waals surface area contributed by atoms with E-state index in [1.807, 2.05) is 0 Å². The summed E-state index contributed by atoms with van der Waals surface area (Å²) in [6.45, 7) is 2.06. The van der Waals surface area contributed by atoms with Crippen molar-refractivity contribution < 1.29 is 14.3 Å². The first-order valence-electron chi connectivity index (χ1n) is 4.70. The molecule has 0 aromatic heterocycles. The number of carbonyl (C=O) groups is 1. The number of esters is 1. The summed E-state index contributed by atoms with van der Waals surface area (Å²) in [5.74, 6) is -0.175. The van der Waals surface area contributed by atoms with Gasteiger partial charge in [-0.1, -0.05) is 0 Å². The van der Waals surface area contributed by atoms with Gasteiger partial charge in [-0.3, -0.25) is 10.1 Å². The van der Waals surface area contributed by atoms with E-state index < -0.39 is 0 Å². The first-order valence-corrected chi connectivity index (χ1v) is 4.70. The molecule has 0 aliphatic carbocycles. The zero-order chi connectivity index (χ0) is 9.42. The van der Waals surface area contributed by atoms with Crippen LogP contribution in [0.5, 0.6) is 0 Å². The standard InChI is InChI=1S/C9H15NO3/c1-5-3-6-8(13-5)4-7(10-6)9(11)12-2/h5-8,10H,3-4H2,1-2H3/t5-,6+,7-,8+/m0/s1. The van der Waals surface area contributed by atoms with Crippen LogP contribution in [0.25, 0.3) is 0 Å². The number of hydrogen-bond donors (Lipinski definition) is 1. The average molecular weight is 185 g/mol. The highest BCUT2D eigenvalue weighted by Crippen LogP contribution is 2.29. The molecule has 4 heteroatoms. The van der Waals surface area contributed by atoms with Crippen LogP contribution in [0.15, 0.2) is 0 Å². The van der Waals surface area contributed by atoms with Gasteiger partial charge >= 0.3 is 5.97 Å². The van der Waals surface area contributed by atoms with E-state index in [4.69, 9.17) is 4.74 Å². The molecular formula is C9H15NO3. The third kappa shape index (κ3) is 1.56. The van der Waals surface area contributed by atoms with Crippen molar-refractivity contribution in [1.29, 1.82) is 0 Å². The van der Waals surface area contributed by atoms with Gasteiger partial charge < -0.3 is 9.47 Å². The SMILES string of the molecule is COC(=O)[C@@H]1C[C@H]2O[C@@H](C)C[C@H]2N1. The maximum absolute atomic E-state index is 11.2. The third-order valence-corrected chi connectivity index (χ3v) is 2.81. The highest BCUT2D eigenvalue weighted by Gasteiger charge is 2.43. The van der Waals surface area contributed by atoms with Gasteiger partial charge in [-0.25, -0.2) is 0 Å². The molecule has 0 radical (unpaired) electrons. The number of hydrogen-bond acceptors (Lipinski definition) is 4. The van der Waals surface area contributed by atoms with E-state index >= 15 is 0 Å². The third-order valence-electron chi connectivity index (χ3n) is 2.81. The minimum atomic E-state index is -0.175. The molecule has 2 aliphatic rings. The molecule has 1 N–H and O–H groups in total. The topological polar surface area (TPSA) is 47.6 Å². The Bertz CT molecular complexity index is 205. The van der Waals surface area contributed by atoms with Crippen molar-refractivity contribution in [3.8, 4) is 0 Å². The average Bonchev–Trinajstić information content (AvgIpc) is 2.59. The molecule has 2 aliphatic heterocycles. The second kappa shape index (κ2) is 3.27. The van der Waals surface area contributed by atoms with E-state index in [0.717, 1.165) is 12.8 Å². The molecule has 0 saturated carbocycles. The number of ether oxygens (including phenoxy) is 2. The summed E-state index contributed by atoms with van der Waals surface area (Å²) >= 11 is 0. The summed E-state index contributed by atoms with van der Waals surface area (Å²) in [5.41, 5.74) is 0. The molecule has 0 amide bonds. The van der Waals surface area contributed by atoms with Crippen LogP contribution in [0.4, 0.5) is 0 Å². The molecule has 0 aromatic carbocycles. The van der Waals surface area contributed by atoms with E-state index in [1.54, 1.807) is 0 Å². The lowest BCUT2D eigenvalue weighted by Gasteiger charge is -2.11. The molecule has 2 fully saturated rings. The molecule has 4 nitrogen and oxygen atoms in total. The van der Waals surface area contributed by atoms with Crippen molar-refractivity contribution in [1.82, 2.24) is 5.32 Å². The van der Waals surface area contributed by atoms with Crippen LogP contribution >= 0.6 is 0 Å². The molecule has 0 unspecified atom stereocenters. The van der Waals surface area contributed by atoms with Crippen LogP contribution in [-0.4, -0.2) is 37.4 Å². The van der Waals surface area contributed by atoms with E-state index in [9.17, 15) is 4.79 Å². The van der Waals surface area contributed by atoms with Crippen LogP contribution in [0.3, 0.4) is 0 Å². The molecule has 2 saturated heterocycles. The Morgan fingerprint density at radius 2 is 2.31 bits per heavy atom. The van der Waals surface area contributed by atoms with Crippen molar-refractivity contribution >= 4 is 5.97 Å². The van der Waals surface area contributed by atoms with Gasteiger partial charge in [0.15, 0.2) is 0 Å². The number of rotatable bonds is 1. The molecular weight excluding hydrogens is 170 g/mol. The zero-order valence-electron chi connectivity index (χ0n) is 7.95. The number of nitrogens with one attached hydrogen (secondary N) is 1. The van der Waals surface area contributed by atoms with Crippen LogP contribution in [0.2, 0.25) is 0 Å². The van der Waals surface area contributed by atoms with Gasteiger partial charge in [0.2, 0.25) is 0 Å². The molecule has 2 heterocycles. The van der Waals surface area contributed by atoms with Gasteiger partial charge in [-0.05, 0) is 13.3 Å². The smallest absolute Gasteiger partial charge is 0.322 e. The van der Waals surface area contributed by atoms with Crippen LogP contribution < -0.4 is 5.32 Å². The fourth-order valence-corrected chi connectivity index (χ4v) is 2.22. The maximum Gasteiger partial charge on any atom is 0.322 e. The molecule has 4 atom stereocenters. The molecule has 2 rings (SSSR count). The maximum atomic E-state index is 11.2. The van der Waals surface area contributed by atoms with E-state index in [-0.39, 0.29) is 18.1 Å². The predicted molar refractivity (Wildman–Crippen MR) is 46.3 cm³/mol. The fourth-order valence-electron chi connectivity index (χ4n) is 2.22. The number of carbonyl (C=O) groups excluding carboxylic acids is 1. The van der Waals surface area contributed by atoms with E-state index in [2.05, 4.69) is 17.0 Å². The van der Waals surface area contributed by atoms with Crippen molar-refractivity contribution in [2.45, 2.75) is 44.1 Å². The lowest BCUT2D eigenvalue weighted by molar-refractivity contribution is -0.143. The van der Waals surface area contributed by atoms with Gasteiger partial charge in [0.25, 0.3) is 0 Å². The Hall–Kier alpha value is -0.610. The Labute approximate surface area is 77.6 Å². The molecule has 0 bridgehead atoms. The largest absolute Gasteiger partial charge is 0.468 e. The van der Waals surface area contributed by atoms with Crippen LogP contribution in [-0.2, 0) is 14.3 Å². The fraction of sp³-hybridized carbons (Fsp3) is 0.889. The molecule has 13 heavy (non-hydrogen) atoms. The minimum absolute atomic E-state index is 0.160. The predicted octanol–water partition coefficient (Wildman–Crippen LogP) is 0.0673. The van der Waals surface area contributed by atoms with E-state index in [0.29, 0.717) is 12.1 Å². The van der Waals surface area contributed by atoms with Crippen molar-refractivity contribution in [2.75, 3.05) is 7.11 Å². The molecule has 0 aromatic rings. The highest BCUT2D eigenvalue weighted by atomic mass is 16.5. The van der Waals surface area contributed by atoms with Gasteiger partial charge in [0.1, 0.15) is 6.04 Å². The second-order valence-corrected chi connectivity index (χ2v) is 3.81. The van der Waals surface area contributed by atoms with E-state index in [1.165, 1.54) is 7.11 Å². The normalized spacial score (nSPS) is 43.2. The first kappa shape index (κ1) is 8.97. The summed E-state index contributed by atoms with van der Waals surface area (Å²) < 4.78 is 10.3. The summed E-state index contributed by atoms with van der Waals surface area (Å²) in [6.07, 6.45) is 2.28. The highest BCUT2D eigenvalue weighted by molar-refractivity contribution is 5.76.